The van der Waals surface area contributed by atoms with Crippen molar-refractivity contribution in [3.05, 3.63) is 102 Å². The molecule has 0 atom stereocenters. The van der Waals surface area contributed by atoms with E-state index in [-0.39, 0.29) is 12.4 Å². The molecular formula is C22H20N2O3S. The van der Waals surface area contributed by atoms with Crippen molar-refractivity contribution in [1.82, 2.24) is 4.31 Å². The van der Waals surface area contributed by atoms with E-state index in [0.717, 1.165) is 16.1 Å². The summed E-state index contributed by atoms with van der Waals surface area (Å²) in [6, 6.07) is 26.5. The van der Waals surface area contributed by atoms with Crippen molar-refractivity contribution in [2.24, 2.45) is 4.99 Å². The van der Waals surface area contributed by atoms with Gasteiger partial charge >= 0.3 is 0 Å². The molecule has 28 heavy (non-hydrogen) atoms. The second kappa shape index (κ2) is 8.63. The number of carbonyl (C=O) groups excluding carboxylic acids is 1. The number of ketones is 1. The second-order valence-corrected chi connectivity index (χ2v) is 8.13. The molecule has 0 aliphatic rings. The maximum atomic E-state index is 13.2. The fraction of sp³-hybridized carbons (Fsp3) is 0.0909. The number of aliphatic imine (C=N–C) groups is 1. The Morgan fingerprint density at radius 3 is 1.86 bits per heavy atom. The van der Waals surface area contributed by atoms with Crippen molar-refractivity contribution in [1.29, 1.82) is 0 Å². The lowest BCUT2D eigenvalue weighted by Gasteiger charge is -2.23. The van der Waals surface area contributed by atoms with Gasteiger partial charge in [-0.15, -0.1) is 0 Å². The van der Waals surface area contributed by atoms with Gasteiger partial charge in [0.25, 0.3) is 0 Å². The van der Waals surface area contributed by atoms with Crippen molar-refractivity contribution in [2.45, 2.75) is 6.54 Å². The molecule has 0 N–H and O–H groups in total. The predicted octanol–water partition coefficient (Wildman–Crippen LogP) is 4.06. The lowest BCUT2D eigenvalue weighted by molar-refractivity contribution is 0.105. The number of benzene rings is 3. The molecule has 0 fully saturated rings. The second-order valence-electron chi connectivity index (χ2n) is 6.22. The van der Waals surface area contributed by atoms with Gasteiger partial charge in [0.15, 0.2) is 5.84 Å². The number of para-hydroxylation sites is 1. The van der Waals surface area contributed by atoms with E-state index in [1.807, 2.05) is 36.4 Å². The average molecular weight is 392 g/mol. The molecule has 0 bridgehead atoms. The van der Waals surface area contributed by atoms with Gasteiger partial charge < -0.3 is 0 Å². The van der Waals surface area contributed by atoms with E-state index < -0.39 is 15.8 Å². The lowest BCUT2D eigenvalue weighted by atomic mass is 10.1. The van der Waals surface area contributed by atoms with Crippen LogP contribution in [0, 0.1) is 0 Å². The molecule has 0 heterocycles. The predicted molar refractivity (Wildman–Crippen MR) is 111 cm³/mol. The van der Waals surface area contributed by atoms with Gasteiger partial charge in [-0.3, -0.25) is 4.79 Å². The summed E-state index contributed by atoms with van der Waals surface area (Å²) in [6.45, 7) is 0.0178. The van der Waals surface area contributed by atoms with Gasteiger partial charge in [-0.2, -0.15) is 0 Å². The van der Waals surface area contributed by atoms with Crippen molar-refractivity contribution in [2.75, 3.05) is 6.26 Å². The number of hydrogen-bond acceptors (Lipinski definition) is 4. The summed E-state index contributed by atoms with van der Waals surface area (Å²) in [5, 5.41) is 0. The Bertz CT molecular complexity index is 1060. The Kier molecular flexibility index (Phi) is 6.01. The average Bonchev–Trinajstić information content (AvgIpc) is 2.71. The maximum Gasteiger partial charge on any atom is 0.233 e. The van der Waals surface area contributed by atoms with E-state index in [4.69, 9.17) is 0 Å². The summed E-state index contributed by atoms with van der Waals surface area (Å²) in [5.74, 6) is -0.588. The molecule has 0 saturated carbocycles. The third kappa shape index (κ3) is 4.92. The Labute approximate surface area is 165 Å². The summed E-state index contributed by atoms with van der Waals surface area (Å²) >= 11 is 0. The van der Waals surface area contributed by atoms with E-state index in [1.54, 1.807) is 54.6 Å². The van der Waals surface area contributed by atoms with Crippen LogP contribution in [0.2, 0.25) is 0 Å². The summed E-state index contributed by atoms with van der Waals surface area (Å²) in [6.07, 6.45) is 1.08. The van der Waals surface area contributed by atoms with Crippen molar-refractivity contribution in [3.63, 3.8) is 0 Å². The monoisotopic (exact) mass is 392 g/mol. The largest absolute Gasteiger partial charge is 0.285 e. The van der Waals surface area contributed by atoms with E-state index in [1.165, 1.54) is 0 Å². The fourth-order valence-electron chi connectivity index (χ4n) is 2.66. The smallest absolute Gasteiger partial charge is 0.233 e. The highest BCUT2D eigenvalue weighted by atomic mass is 32.2. The van der Waals surface area contributed by atoms with Gasteiger partial charge in [0.2, 0.25) is 15.8 Å². The van der Waals surface area contributed by atoms with E-state index in [0.29, 0.717) is 11.3 Å². The van der Waals surface area contributed by atoms with Gasteiger partial charge in [0.1, 0.15) is 0 Å². The molecule has 5 nitrogen and oxygen atoms in total. The first-order chi connectivity index (χ1) is 13.4. The van der Waals surface area contributed by atoms with Crippen LogP contribution in [0.15, 0.2) is 96.0 Å². The van der Waals surface area contributed by atoms with Crippen LogP contribution in [-0.2, 0) is 16.6 Å². The lowest BCUT2D eigenvalue weighted by Crippen LogP contribution is -2.40. The summed E-state index contributed by atoms with van der Waals surface area (Å²) in [7, 11) is -3.75. The van der Waals surface area contributed by atoms with Crippen LogP contribution in [0.25, 0.3) is 0 Å². The minimum Gasteiger partial charge on any atom is -0.285 e. The summed E-state index contributed by atoms with van der Waals surface area (Å²) in [5.41, 5.74) is 1.64. The minimum absolute atomic E-state index is 0.0178. The topological polar surface area (TPSA) is 66.8 Å². The van der Waals surface area contributed by atoms with E-state index >= 15 is 0 Å². The molecule has 142 valence electrons. The molecule has 3 aromatic carbocycles. The van der Waals surface area contributed by atoms with Crippen LogP contribution >= 0.6 is 0 Å². The number of carbonyl (C=O) groups is 1. The standard InChI is InChI=1S/C22H20N2O3S/c1-28(26,27)24(17-18-11-5-2-6-12-18)22(23-20-15-9-4-10-16-20)21(25)19-13-7-3-8-14-19/h2-16H,17H2,1H3. The van der Waals surface area contributed by atoms with Gasteiger partial charge in [-0.05, 0) is 17.7 Å². The zero-order chi connectivity index (χ0) is 20.0. The Morgan fingerprint density at radius 1 is 0.821 bits per heavy atom. The van der Waals surface area contributed by atoms with E-state index in [2.05, 4.69) is 4.99 Å². The van der Waals surface area contributed by atoms with Crippen LogP contribution in [0.5, 0.6) is 0 Å². The molecule has 0 aromatic heterocycles. The highest BCUT2D eigenvalue weighted by Gasteiger charge is 2.28. The maximum absolute atomic E-state index is 13.2. The minimum atomic E-state index is -3.75. The van der Waals surface area contributed by atoms with Crippen molar-refractivity contribution < 1.29 is 13.2 Å². The Balaban J connectivity index is 2.12. The molecule has 0 spiro atoms. The molecule has 0 aliphatic heterocycles. The summed E-state index contributed by atoms with van der Waals surface area (Å²) in [4.78, 5) is 17.6. The third-order valence-electron chi connectivity index (χ3n) is 4.04. The number of rotatable bonds is 6. The molecule has 0 radical (unpaired) electrons. The normalized spacial score (nSPS) is 11.8. The fourth-order valence-corrected chi connectivity index (χ4v) is 3.48. The number of Topliss-reactive ketones (excluding diaryl/α,β-unsaturated/α-hetero) is 1. The third-order valence-corrected chi connectivity index (χ3v) is 5.14. The molecule has 0 saturated heterocycles. The van der Waals surface area contributed by atoms with Crippen LogP contribution in [0.3, 0.4) is 0 Å². The Hall–Kier alpha value is -3.25. The van der Waals surface area contributed by atoms with Gasteiger partial charge in [-0.25, -0.2) is 17.7 Å². The first-order valence-electron chi connectivity index (χ1n) is 8.70. The number of hydrogen-bond donors (Lipinski definition) is 0. The zero-order valence-corrected chi connectivity index (χ0v) is 16.2. The number of sulfonamides is 1. The molecule has 3 rings (SSSR count). The number of nitrogens with zero attached hydrogens (tertiary/aromatic N) is 2. The highest BCUT2D eigenvalue weighted by Crippen LogP contribution is 2.18. The Morgan fingerprint density at radius 2 is 1.32 bits per heavy atom. The summed E-state index contributed by atoms with van der Waals surface area (Å²) < 4.78 is 26.3. The zero-order valence-electron chi connectivity index (χ0n) is 15.4. The molecule has 3 aromatic rings. The van der Waals surface area contributed by atoms with Crippen LogP contribution in [0.4, 0.5) is 5.69 Å². The van der Waals surface area contributed by atoms with Crippen LogP contribution in [-0.4, -0.2) is 30.6 Å². The van der Waals surface area contributed by atoms with Crippen molar-refractivity contribution in [3.8, 4) is 0 Å². The number of amidine groups is 1. The SMILES string of the molecule is CS(=O)(=O)N(Cc1ccccc1)C(=Nc1ccccc1)C(=O)c1ccccc1. The quantitative estimate of drug-likeness (QED) is 0.361. The first-order valence-corrected chi connectivity index (χ1v) is 10.5. The molecule has 6 heteroatoms. The molecular weight excluding hydrogens is 372 g/mol. The van der Waals surface area contributed by atoms with Gasteiger partial charge in [0, 0.05) is 5.56 Å². The van der Waals surface area contributed by atoms with Crippen LogP contribution < -0.4 is 0 Å². The molecule has 0 aliphatic carbocycles. The molecule has 0 amide bonds. The van der Waals surface area contributed by atoms with Crippen LogP contribution in [0.1, 0.15) is 15.9 Å². The van der Waals surface area contributed by atoms with Gasteiger partial charge in [-0.1, -0.05) is 78.9 Å². The highest BCUT2D eigenvalue weighted by molar-refractivity contribution is 7.89. The van der Waals surface area contributed by atoms with E-state index in [9.17, 15) is 13.2 Å². The van der Waals surface area contributed by atoms with Gasteiger partial charge in [0.05, 0.1) is 18.5 Å². The molecule has 0 unspecified atom stereocenters. The first kappa shape index (κ1) is 19.5. The van der Waals surface area contributed by atoms with Crippen molar-refractivity contribution >= 4 is 27.3 Å².